The molecule has 1 aromatic carbocycles. The molecule has 0 aliphatic heterocycles. The van der Waals surface area contributed by atoms with Crippen LogP contribution in [0.4, 0.5) is 0 Å². The zero-order valence-corrected chi connectivity index (χ0v) is 13.1. The summed E-state index contributed by atoms with van der Waals surface area (Å²) in [5.41, 5.74) is 0.849. The van der Waals surface area contributed by atoms with Crippen LogP contribution >= 0.6 is 22.9 Å². The molecule has 114 valence electrons. The lowest BCUT2D eigenvalue weighted by Crippen LogP contribution is -2.04. The van der Waals surface area contributed by atoms with E-state index in [-0.39, 0.29) is 18.8 Å². The fourth-order valence-electron chi connectivity index (χ4n) is 1.63. The van der Waals surface area contributed by atoms with Gasteiger partial charge >= 0.3 is 5.97 Å². The molecule has 0 radical (unpaired) electrons. The molecule has 0 aliphatic rings. The van der Waals surface area contributed by atoms with Crippen LogP contribution in [0.1, 0.15) is 21.7 Å². The Morgan fingerprint density at radius 2 is 1.91 bits per heavy atom. The van der Waals surface area contributed by atoms with Gasteiger partial charge in [-0.2, -0.15) is 0 Å². The quantitative estimate of drug-likeness (QED) is 0.609. The normalized spacial score (nSPS) is 10.8. The standard InChI is InChI=1S/C16H13ClO4S/c17-15-8-7-14(22-15)13(18)6-3-11-1-4-12(5-2-11)21-10-9-16(19)20/h1-8H,9-10H2,(H,19,20)/b6-3+. The molecule has 6 heteroatoms. The van der Waals surface area contributed by atoms with Gasteiger partial charge in [-0.05, 0) is 35.9 Å². The van der Waals surface area contributed by atoms with Crippen molar-refractivity contribution in [2.24, 2.45) is 0 Å². The minimum atomic E-state index is -0.897. The SMILES string of the molecule is O=C(O)CCOc1ccc(/C=C/C(=O)c2ccc(Cl)s2)cc1. The first-order valence-corrected chi connectivity index (χ1v) is 7.66. The lowest BCUT2D eigenvalue weighted by Gasteiger charge is -2.04. The highest BCUT2D eigenvalue weighted by Crippen LogP contribution is 2.22. The number of carboxylic acid groups (broad SMARTS) is 1. The molecule has 0 amide bonds. The van der Waals surface area contributed by atoms with Crippen molar-refractivity contribution in [2.75, 3.05) is 6.61 Å². The molecule has 1 heterocycles. The van der Waals surface area contributed by atoms with Crippen LogP contribution in [0, 0.1) is 0 Å². The summed E-state index contributed by atoms with van der Waals surface area (Å²) < 4.78 is 5.87. The third-order valence-corrected chi connectivity index (χ3v) is 3.95. The predicted octanol–water partition coefficient (Wildman–Crippen LogP) is 4.15. The Labute approximate surface area is 136 Å². The predicted molar refractivity (Wildman–Crippen MR) is 86.9 cm³/mol. The van der Waals surface area contributed by atoms with Crippen molar-refractivity contribution >= 4 is 40.8 Å². The van der Waals surface area contributed by atoms with Gasteiger partial charge in [-0.1, -0.05) is 29.8 Å². The number of halogens is 1. The highest BCUT2D eigenvalue weighted by molar-refractivity contribution is 7.18. The van der Waals surface area contributed by atoms with Crippen LogP contribution in [-0.2, 0) is 4.79 Å². The fourth-order valence-corrected chi connectivity index (χ4v) is 2.60. The summed E-state index contributed by atoms with van der Waals surface area (Å²) in [5.74, 6) is -0.403. The summed E-state index contributed by atoms with van der Waals surface area (Å²) in [6.07, 6.45) is 3.15. The third-order valence-electron chi connectivity index (χ3n) is 2.71. The molecule has 2 aromatic rings. The Balaban J connectivity index is 1.91. The minimum Gasteiger partial charge on any atom is -0.493 e. The zero-order chi connectivity index (χ0) is 15.9. The van der Waals surface area contributed by atoms with Crippen molar-refractivity contribution in [3.05, 3.63) is 57.3 Å². The van der Waals surface area contributed by atoms with Crippen molar-refractivity contribution in [3.63, 3.8) is 0 Å². The van der Waals surface area contributed by atoms with Gasteiger partial charge in [0.2, 0.25) is 0 Å². The van der Waals surface area contributed by atoms with Crippen LogP contribution in [-0.4, -0.2) is 23.5 Å². The molecular formula is C16H13ClO4S. The molecule has 0 fully saturated rings. The second-order valence-corrected chi connectivity index (χ2v) is 6.08. The van der Waals surface area contributed by atoms with Crippen molar-refractivity contribution in [3.8, 4) is 5.75 Å². The Morgan fingerprint density at radius 3 is 2.50 bits per heavy atom. The summed E-state index contributed by atoms with van der Waals surface area (Å²) in [6.45, 7) is 0.127. The number of ether oxygens (including phenoxy) is 1. The molecule has 2 rings (SSSR count). The molecule has 0 atom stereocenters. The van der Waals surface area contributed by atoms with E-state index in [0.29, 0.717) is 15.0 Å². The fraction of sp³-hybridized carbons (Fsp3) is 0.125. The Bertz CT molecular complexity index is 688. The maximum Gasteiger partial charge on any atom is 0.306 e. The number of benzene rings is 1. The van der Waals surface area contributed by atoms with Gasteiger partial charge in [0.1, 0.15) is 5.75 Å². The highest BCUT2D eigenvalue weighted by Gasteiger charge is 2.04. The molecule has 4 nitrogen and oxygen atoms in total. The second kappa shape index (κ2) is 7.77. The van der Waals surface area contributed by atoms with Gasteiger partial charge in [-0.15, -0.1) is 11.3 Å². The molecule has 1 aromatic heterocycles. The third kappa shape index (κ3) is 5.02. The number of carbonyl (C=O) groups excluding carboxylic acids is 1. The average Bonchev–Trinajstić information content (AvgIpc) is 2.92. The van der Waals surface area contributed by atoms with Gasteiger partial charge in [0, 0.05) is 0 Å². The van der Waals surface area contributed by atoms with Crippen LogP contribution in [0.2, 0.25) is 4.34 Å². The van der Waals surface area contributed by atoms with Gasteiger partial charge in [-0.3, -0.25) is 9.59 Å². The van der Waals surface area contributed by atoms with Gasteiger partial charge in [0.25, 0.3) is 0 Å². The minimum absolute atomic E-state index is 0.0421. The Hall–Kier alpha value is -2.11. The number of aliphatic carboxylic acids is 1. The van der Waals surface area contributed by atoms with E-state index < -0.39 is 5.97 Å². The maximum atomic E-state index is 11.9. The Kier molecular flexibility index (Phi) is 5.75. The zero-order valence-electron chi connectivity index (χ0n) is 11.5. The largest absolute Gasteiger partial charge is 0.493 e. The summed E-state index contributed by atoms with van der Waals surface area (Å²) in [7, 11) is 0. The van der Waals surface area contributed by atoms with E-state index in [2.05, 4.69) is 0 Å². The van der Waals surface area contributed by atoms with Gasteiger partial charge < -0.3 is 9.84 Å². The number of hydrogen-bond donors (Lipinski definition) is 1. The van der Waals surface area contributed by atoms with E-state index in [1.165, 1.54) is 17.4 Å². The van der Waals surface area contributed by atoms with Crippen molar-refractivity contribution in [1.29, 1.82) is 0 Å². The molecular weight excluding hydrogens is 324 g/mol. The first kappa shape index (κ1) is 16.3. The molecule has 0 unspecified atom stereocenters. The first-order valence-electron chi connectivity index (χ1n) is 6.47. The molecule has 0 saturated carbocycles. The molecule has 22 heavy (non-hydrogen) atoms. The molecule has 0 spiro atoms. The monoisotopic (exact) mass is 336 g/mol. The number of rotatable bonds is 7. The molecule has 1 N–H and O–H groups in total. The summed E-state index contributed by atoms with van der Waals surface area (Å²) in [5, 5.41) is 8.52. The van der Waals surface area contributed by atoms with Crippen LogP contribution in [0.5, 0.6) is 5.75 Å². The van der Waals surface area contributed by atoms with Gasteiger partial charge in [0.05, 0.1) is 22.2 Å². The Morgan fingerprint density at radius 1 is 1.18 bits per heavy atom. The van der Waals surface area contributed by atoms with Crippen molar-refractivity contribution in [1.82, 2.24) is 0 Å². The molecule has 0 saturated heterocycles. The number of carboxylic acids is 1. The smallest absolute Gasteiger partial charge is 0.306 e. The average molecular weight is 337 g/mol. The maximum absolute atomic E-state index is 11.9. The number of carbonyl (C=O) groups is 2. The summed E-state index contributed by atoms with van der Waals surface area (Å²) in [6, 6.07) is 10.4. The van der Waals surface area contributed by atoms with E-state index in [1.807, 2.05) is 0 Å². The topological polar surface area (TPSA) is 63.6 Å². The molecule has 0 aliphatic carbocycles. The number of ketones is 1. The molecule has 0 bridgehead atoms. The van der Waals surface area contributed by atoms with E-state index >= 15 is 0 Å². The summed E-state index contributed by atoms with van der Waals surface area (Å²) >= 11 is 7.03. The lowest BCUT2D eigenvalue weighted by molar-refractivity contribution is -0.137. The van der Waals surface area contributed by atoms with Crippen LogP contribution < -0.4 is 4.74 Å². The van der Waals surface area contributed by atoms with Crippen molar-refractivity contribution < 1.29 is 19.4 Å². The van der Waals surface area contributed by atoms with E-state index in [4.69, 9.17) is 21.4 Å². The van der Waals surface area contributed by atoms with Crippen molar-refractivity contribution in [2.45, 2.75) is 6.42 Å². The summed E-state index contributed by atoms with van der Waals surface area (Å²) in [4.78, 5) is 22.9. The first-order chi connectivity index (χ1) is 10.5. The van der Waals surface area contributed by atoms with Gasteiger partial charge in [-0.25, -0.2) is 0 Å². The number of thiophene rings is 1. The van der Waals surface area contributed by atoms with Crippen LogP contribution in [0.15, 0.2) is 42.5 Å². The van der Waals surface area contributed by atoms with Gasteiger partial charge in [0.15, 0.2) is 5.78 Å². The number of hydrogen-bond acceptors (Lipinski definition) is 4. The van der Waals surface area contributed by atoms with E-state index in [1.54, 1.807) is 42.5 Å². The number of allylic oxidation sites excluding steroid dienone is 1. The van der Waals surface area contributed by atoms with E-state index in [0.717, 1.165) is 5.56 Å². The highest BCUT2D eigenvalue weighted by atomic mass is 35.5. The second-order valence-electron chi connectivity index (χ2n) is 4.36. The van der Waals surface area contributed by atoms with E-state index in [9.17, 15) is 9.59 Å². The van der Waals surface area contributed by atoms with Crippen LogP contribution in [0.25, 0.3) is 6.08 Å². The van der Waals surface area contributed by atoms with Crippen LogP contribution in [0.3, 0.4) is 0 Å². The lowest BCUT2D eigenvalue weighted by atomic mass is 10.2.